The monoisotopic (exact) mass is 402 g/mol. The maximum atomic E-state index is 12.6. The van der Waals surface area contributed by atoms with E-state index in [1.54, 1.807) is 32.4 Å². The second-order valence-electron chi connectivity index (χ2n) is 6.82. The van der Waals surface area contributed by atoms with E-state index in [4.69, 9.17) is 13.9 Å². The summed E-state index contributed by atoms with van der Waals surface area (Å²) in [4.78, 5) is 17.1. The number of rotatable bonds is 7. The zero-order valence-electron chi connectivity index (χ0n) is 16.8. The third kappa shape index (κ3) is 4.27. The number of nitrogens with zero attached hydrogens (tertiary/aromatic N) is 1. The van der Waals surface area contributed by atoms with Crippen molar-refractivity contribution in [2.75, 3.05) is 14.2 Å². The maximum absolute atomic E-state index is 12.6. The molecule has 4 aromatic rings. The average Bonchev–Trinajstić information content (AvgIpc) is 3.19. The van der Waals surface area contributed by atoms with Gasteiger partial charge in [0.05, 0.1) is 14.2 Å². The fraction of sp³-hybridized carbons (Fsp3) is 0.167. The van der Waals surface area contributed by atoms with Crippen LogP contribution in [0, 0.1) is 0 Å². The number of benzene rings is 3. The maximum Gasteiger partial charge on any atom is 0.251 e. The smallest absolute Gasteiger partial charge is 0.251 e. The standard InChI is InChI=1S/C24H22N2O4/c1-28-20-11-8-17(12-22(20)29-2)15-25-24(27)18-9-10-19-21(14-18)30-23(26-19)13-16-6-4-3-5-7-16/h3-12,14H,13,15H2,1-2H3,(H,25,27). The van der Waals surface area contributed by atoms with Gasteiger partial charge in [0.25, 0.3) is 5.91 Å². The van der Waals surface area contributed by atoms with Gasteiger partial charge in [-0.2, -0.15) is 0 Å². The quantitative estimate of drug-likeness (QED) is 0.497. The third-order valence-electron chi connectivity index (χ3n) is 4.79. The van der Waals surface area contributed by atoms with Crippen LogP contribution < -0.4 is 14.8 Å². The molecule has 1 amide bonds. The van der Waals surface area contributed by atoms with Crippen molar-refractivity contribution >= 4 is 17.0 Å². The molecule has 0 bridgehead atoms. The van der Waals surface area contributed by atoms with Crippen molar-refractivity contribution in [3.8, 4) is 11.5 Å². The Kier molecular flexibility index (Phi) is 5.66. The Labute approximate surface area is 174 Å². The van der Waals surface area contributed by atoms with E-state index in [2.05, 4.69) is 10.3 Å². The van der Waals surface area contributed by atoms with Gasteiger partial charge in [0, 0.05) is 18.5 Å². The van der Waals surface area contributed by atoms with Crippen molar-refractivity contribution in [1.82, 2.24) is 10.3 Å². The summed E-state index contributed by atoms with van der Waals surface area (Å²) in [5.41, 5.74) is 3.88. The van der Waals surface area contributed by atoms with E-state index >= 15 is 0 Å². The summed E-state index contributed by atoms with van der Waals surface area (Å²) in [5.74, 6) is 1.71. The molecule has 0 aliphatic heterocycles. The number of amides is 1. The van der Waals surface area contributed by atoms with Crippen molar-refractivity contribution in [2.24, 2.45) is 0 Å². The third-order valence-corrected chi connectivity index (χ3v) is 4.79. The van der Waals surface area contributed by atoms with Crippen LogP contribution in [0.3, 0.4) is 0 Å². The normalized spacial score (nSPS) is 10.7. The van der Waals surface area contributed by atoms with Crippen LogP contribution in [-0.2, 0) is 13.0 Å². The number of nitrogens with one attached hydrogen (secondary N) is 1. The molecular weight excluding hydrogens is 380 g/mol. The molecule has 1 aromatic heterocycles. The van der Waals surface area contributed by atoms with Crippen molar-refractivity contribution < 1.29 is 18.7 Å². The first-order valence-corrected chi connectivity index (χ1v) is 9.59. The summed E-state index contributed by atoms with van der Waals surface area (Å²) in [6, 6.07) is 20.8. The molecule has 0 atom stereocenters. The van der Waals surface area contributed by atoms with Gasteiger partial charge in [0.15, 0.2) is 23.0 Å². The average molecular weight is 402 g/mol. The van der Waals surface area contributed by atoms with Gasteiger partial charge in [-0.25, -0.2) is 4.98 Å². The minimum absolute atomic E-state index is 0.187. The van der Waals surface area contributed by atoms with Gasteiger partial charge >= 0.3 is 0 Å². The van der Waals surface area contributed by atoms with E-state index in [1.807, 2.05) is 48.5 Å². The summed E-state index contributed by atoms with van der Waals surface area (Å²) < 4.78 is 16.4. The Hall–Kier alpha value is -3.80. The minimum Gasteiger partial charge on any atom is -0.493 e. The van der Waals surface area contributed by atoms with Gasteiger partial charge in [-0.15, -0.1) is 0 Å². The Balaban J connectivity index is 1.45. The van der Waals surface area contributed by atoms with E-state index in [0.717, 1.165) is 16.6 Å². The lowest BCUT2D eigenvalue weighted by atomic mass is 10.1. The molecule has 0 aliphatic rings. The van der Waals surface area contributed by atoms with Gasteiger partial charge in [0.2, 0.25) is 0 Å². The van der Waals surface area contributed by atoms with Crippen LogP contribution >= 0.6 is 0 Å². The minimum atomic E-state index is -0.187. The number of hydrogen-bond acceptors (Lipinski definition) is 5. The van der Waals surface area contributed by atoms with Crippen LogP contribution in [0.4, 0.5) is 0 Å². The Morgan fingerprint density at radius 1 is 0.933 bits per heavy atom. The second-order valence-corrected chi connectivity index (χ2v) is 6.82. The highest BCUT2D eigenvalue weighted by atomic mass is 16.5. The summed E-state index contributed by atoms with van der Waals surface area (Å²) >= 11 is 0. The SMILES string of the molecule is COc1ccc(CNC(=O)c2ccc3nc(Cc4ccccc4)oc3c2)cc1OC. The molecule has 1 heterocycles. The van der Waals surface area contributed by atoms with Gasteiger partial charge in [-0.1, -0.05) is 36.4 Å². The van der Waals surface area contributed by atoms with Crippen molar-refractivity contribution in [3.63, 3.8) is 0 Å². The molecule has 3 aromatic carbocycles. The summed E-state index contributed by atoms with van der Waals surface area (Å²) in [6.45, 7) is 0.368. The van der Waals surface area contributed by atoms with Gasteiger partial charge in [-0.3, -0.25) is 4.79 Å². The number of oxazole rings is 1. The van der Waals surface area contributed by atoms with E-state index in [0.29, 0.717) is 41.5 Å². The van der Waals surface area contributed by atoms with Gasteiger partial charge < -0.3 is 19.2 Å². The lowest BCUT2D eigenvalue weighted by Gasteiger charge is -2.10. The molecule has 6 heteroatoms. The predicted molar refractivity (Wildman–Crippen MR) is 114 cm³/mol. The fourth-order valence-electron chi connectivity index (χ4n) is 3.23. The van der Waals surface area contributed by atoms with Crippen LogP contribution in [0.1, 0.15) is 27.4 Å². The van der Waals surface area contributed by atoms with Crippen LogP contribution in [0.25, 0.3) is 11.1 Å². The molecule has 0 spiro atoms. The molecule has 1 N–H and O–H groups in total. The van der Waals surface area contributed by atoms with E-state index in [1.165, 1.54) is 0 Å². The molecule has 0 radical (unpaired) electrons. The summed E-state index contributed by atoms with van der Waals surface area (Å²) in [6.07, 6.45) is 0.607. The Morgan fingerprint density at radius 3 is 2.50 bits per heavy atom. The number of carbonyl (C=O) groups excluding carboxylic acids is 1. The molecule has 6 nitrogen and oxygen atoms in total. The number of ether oxygens (including phenoxy) is 2. The highest BCUT2D eigenvalue weighted by Crippen LogP contribution is 2.27. The van der Waals surface area contributed by atoms with E-state index in [9.17, 15) is 4.79 Å². The molecule has 0 fully saturated rings. The van der Waals surface area contributed by atoms with Crippen LogP contribution in [0.2, 0.25) is 0 Å². The highest BCUT2D eigenvalue weighted by Gasteiger charge is 2.12. The molecule has 4 rings (SSSR count). The second kappa shape index (κ2) is 8.69. The first kappa shape index (κ1) is 19.5. The number of hydrogen-bond donors (Lipinski definition) is 1. The van der Waals surface area contributed by atoms with E-state index in [-0.39, 0.29) is 5.91 Å². The summed E-state index contributed by atoms with van der Waals surface area (Å²) in [7, 11) is 3.17. The lowest BCUT2D eigenvalue weighted by Crippen LogP contribution is -2.22. The van der Waals surface area contributed by atoms with Crippen LogP contribution in [0.5, 0.6) is 11.5 Å². The van der Waals surface area contributed by atoms with Crippen LogP contribution in [0.15, 0.2) is 71.1 Å². The molecule has 0 saturated heterocycles. The van der Waals surface area contributed by atoms with Crippen molar-refractivity contribution in [1.29, 1.82) is 0 Å². The molecule has 0 unspecified atom stereocenters. The van der Waals surface area contributed by atoms with Crippen molar-refractivity contribution in [2.45, 2.75) is 13.0 Å². The number of methoxy groups -OCH3 is 2. The molecular formula is C24H22N2O4. The number of carbonyl (C=O) groups is 1. The first-order chi connectivity index (χ1) is 14.7. The van der Waals surface area contributed by atoms with Crippen molar-refractivity contribution in [3.05, 3.63) is 89.3 Å². The lowest BCUT2D eigenvalue weighted by molar-refractivity contribution is 0.0951. The number of fused-ring (bicyclic) bond motifs is 1. The van der Waals surface area contributed by atoms with Gasteiger partial charge in [-0.05, 0) is 41.5 Å². The Morgan fingerprint density at radius 2 is 1.73 bits per heavy atom. The molecule has 0 saturated carbocycles. The number of aromatic nitrogens is 1. The molecule has 152 valence electrons. The van der Waals surface area contributed by atoms with Gasteiger partial charge in [0.1, 0.15) is 5.52 Å². The zero-order chi connectivity index (χ0) is 20.9. The largest absolute Gasteiger partial charge is 0.493 e. The van der Waals surface area contributed by atoms with E-state index < -0.39 is 0 Å². The fourth-order valence-corrected chi connectivity index (χ4v) is 3.23. The Bertz CT molecular complexity index is 1170. The highest BCUT2D eigenvalue weighted by molar-refractivity contribution is 5.97. The first-order valence-electron chi connectivity index (χ1n) is 9.59. The summed E-state index contributed by atoms with van der Waals surface area (Å²) in [5, 5.41) is 2.92. The molecule has 0 aliphatic carbocycles. The van der Waals surface area contributed by atoms with Crippen LogP contribution in [-0.4, -0.2) is 25.1 Å². The topological polar surface area (TPSA) is 73.6 Å². The predicted octanol–water partition coefficient (Wildman–Crippen LogP) is 4.37. The zero-order valence-corrected chi connectivity index (χ0v) is 16.8. The molecule has 30 heavy (non-hydrogen) atoms.